The van der Waals surface area contributed by atoms with Gasteiger partial charge in [0.1, 0.15) is 6.61 Å². The van der Waals surface area contributed by atoms with Crippen LogP contribution in [0.4, 0.5) is 0 Å². The quantitative estimate of drug-likeness (QED) is 0.567. The van der Waals surface area contributed by atoms with Crippen LogP contribution < -0.4 is 0 Å². The van der Waals surface area contributed by atoms with Crippen LogP contribution in [-0.2, 0) is 19.0 Å². The normalized spacial score (nSPS) is 13.3. The smallest absolute Gasteiger partial charge is 0.338 e. The van der Waals surface area contributed by atoms with E-state index in [0.29, 0.717) is 12.0 Å². The lowest BCUT2D eigenvalue weighted by atomic mass is 10.2. The summed E-state index contributed by atoms with van der Waals surface area (Å²) in [4.78, 5) is 22.6. The first-order valence-electron chi connectivity index (χ1n) is 6.57. The van der Waals surface area contributed by atoms with E-state index in [-0.39, 0.29) is 12.7 Å². The van der Waals surface area contributed by atoms with Gasteiger partial charge in [0.2, 0.25) is 6.29 Å². The maximum absolute atomic E-state index is 11.8. The van der Waals surface area contributed by atoms with Crippen LogP contribution in [0, 0.1) is 0 Å². The highest BCUT2D eigenvalue weighted by Gasteiger charge is 2.16. The molecular formula is C15H20O5. The van der Waals surface area contributed by atoms with Gasteiger partial charge in [0, 0.05) is 6.92 Å². The molecule has 0 spiro atoms. The van der Waals surface area contributed by atoms with Crippen molar-refractivity contribution in [2.24, 2.45) is 0 Å². The van der Waals surface area contributed by atoms with Crippen LogP contribution >= 0.6 is 0 Å². The molecule has 0 aromatic heterocycles. The Kier molecular flexibility index (Phi) is 6.73. The van der Waals surface area contributed by atoms with E-state index in [1.54, 1.807) is 31.2 Å². The molecule has 0 heterocycles. The Morgan fingerprint density at radius 3 is 2.40 bits per heavy atom. The van der Waals surface area contributed by atoms with Gasteiger partial charge in [0.25, 0.3) is 0 Å². The predicted octanol–water partition coefficient (Wildman–Crippen LogP) is 2.55. The van der Waals surface area contributed by atoms with Crippen LogP contribution in [-0.4, -0.2) is 30.9 Å². The summed E-state index contributed by atoms with van der Waals surface area (Å²) in [5.74, 6) is -0.804. The van der Waals surface area contributed by atoms with Crippen molar-refractivity contribution in [3.63, 3.8) is 0 Å². The molecule has 0 saturated heterocycles. The molecule has 0 aliphatic heterocycles. The molecule has 0 fully saturated rings. The Morgan fingerprint density at radius 1 is 1.20 bits per heavy atom. The van der Waals surface area contributed by atoms with Gasteiger partial charge in [-0.05, 0) is 25.5 Å². The van der Waals surface area contributed by atoms with E-state index in [2.05, 4.69) is 0 Å². The molecule has 2 unspecified atom stereocenters. The minimum Gasteiger partial charge on any atom is -0.459 e. The van der Waals surface area contributed by atoms with E-state index < -0.39 is 18.2 Å². The highest BCUT2D eigenvalue weighted by atomic mass is 16.7. The number of rotatable bonds is 7. The monoisotopic (exact) mass is 280 g/mol. The van der Waals surface area contributed by atoms with Crippen LogP contribution in [0.2, 0.25) is 0 Å². The zero-order chi connectivity index (χ0) is 15.0. The molecule has 0 aliphatic rings. The van der Waals surface area contributed by atoms with Gasteiger partial charge in [0.15, 0.2) is 0 Å². The zero-order valence-corrected chi connectivity index (χ0v) is 12.0. The predicted molar refractivity (Wildman–Crippen MR) is 73.1 cm³/mol. The highest BCUT2D eigenvalue weighted by Crippen LogP contribution is 2.07. The van der Waals surface area contributed by atoms with Crippen LogP contribution in [0.25, 0.3) is 0 Å². The Morgan fingerprint density at radius 2 is 1.85 bits per heavy atom. The zero-order valence-electron chi connectivity index (χ0n) is 12.0. The average Bonchev–Trinajstić information content (AvgIpc) is 2.43. The number of esters is 2. The van der Waals surface area contributed by atoms with Gasteiger partial charge in [-0.25, -0.2) is 4.79 Å². The number of hydrogen-bond acceptors (Lipinski definition) is 5. The summed E-state index contributed by atoms with van der Waals surface area (Å²) in [6, 6.07) is 8.74. The molecule has 0 radical (unpaired) electrons. The first-order valence-corrected chi connectivity index (χ1v) is 6.57. The lowest BCUT2D eigenvalue weighted by molar-refractivity contribution is -0.186. The molecule has 0 aliphatic carbocycles. The van der Waals surface area contributed by atoms with Crippen LogP contribution in [0.15, 0.2) is 30.3 Å². The van der Waals surface area contributed by atoms with E-state index >= 15 is 0 Å². The lowest BCUT2D eigenvalue weighted by Gasteiger charge is -2.20. The summed E-state index contributed by atoms with van der Waals surface area (Å²) in [6.45, 7) is 4.97. The van der Waals surface area contributed by atoms with Crippen molar-refractivity contribution in [2.45, 2.75) is 39.6 Å². The lowest BCUT2D eigenvalue weighted by Crippen LogP contribution is -2.28. The second kappa shape index (κ2) is 8.32. The number of ether oxygens (including phenoxy) is 3. The van der Waals surface area contributed by atoms with E-state index in [0.717, 1.165) is 0 Å². The molecule has 2 atom stereocenters. The second-order valence-corrected chi connectivity index (χ2v) is 4.31. The topological polar surface area (TPSA) is 61.8 Å². The van der Waals surface area contributed by atoms with Crippen molar-refractivity contribution in [1.29, 1.82) is 0 Å². The minimum atomic E-state index is -0.659. The summed E-state index contributed by atoms with van der Waals surface area (Å²) in [5.41, 5.74) is 0.496. The van der Waals surface area contributed by atoms with Crippen molar-refractivity contribution >= 4 is 11.9 Å². The number of carbonyl (C=O) groups excluding carboxylic acids is 2. The Bertz CT molecular complexity index is 429. The van der Waals surface area contributed by atoms with Crippen LogP contribution in [0.5, 0.6) is 0 Å². The maximum Gasteiger partial charge on any atom is 0.338 e. The van der Waals surface area contributed by atoms with E-state index in [4.69, 9.17) is 14.2 Å². The van der Waals surface area contributed by atoms with E-state index in [9.17, 15) is 9.59 Å². The molecule has 20 heavy (non-hydrogen) atoms. The molecule has 0 saturated carbocycles. The van der Waals surface area contributed by atoms with Crippen molar-refractivity contribution in [1.82, 2.24) is 0 Å². The second-order valence-electron chi connectivity index (χ2n) is 4.31. The number of hydrogen-bond donors (Lipinski definition) is 0. The highest BCUT2D eigenvalue weighted by molar-refractivity contribution is 5.89. The largest absolute Gasteiger partial charge is 0.459 e. The maximum atomic E-state index is 11.8. The Labute approximate surface area is 118 Å². The molecule has 5 heteroatoms. The first-order chi connectivity index (χ1) is 9.52. The van der Waals surface area contributed by atoms with Crippen molar-refractivity contribution in [3.8, 4) is 0 Å². The molecule has 0 N–H and O–H groups in total. The SMILES string of the molecule is CCC(COC(=O)c1ccccc1)OC(C)OC(C)=O. The fourth-order valence-electron chi connectivity index (χ4n) is 1.61. The van der Waals surface area contributed by atoms with E-state index in [1.165, 1.54) is 6.92 Å². The third kappa shape index (κ3) is 5.84. The van der Waals surface area contributed by atoms with Crippen molar-refractivity contribution in [3.05, 3.63) is 35.9 Å². The van der Waals surface area contributed by atoms with Gasteiger partial charge in [-0.2, -0.15) is 0 Å². The summed E-state index contributed by atoms with van der Waals surface area (Å²) in [6.07, 6.45) is -0.321. The molecule has 1 aromatic carbocycles. The minimum absolute atomic E-state index is 0.121. The molecule has 1 aromatic rings. The summed E-state index contributed by atoms with van der Waals surface area (Å²) in [5, 5.41) is 0. The summed E-state index contributed by atoms with van der Waals surface area (Å²) < 4.78 is 15.5. The first kappa shape index (κ1) is 16.2. The molecule has 0 amide bonds. The van der Waals surface area contributed by atoms with Gasteiger partial charge < -0.3 is 14.2 Å². The van der Waals surface area contributed by atoms with Gasteiger partial charge >= 0.3 is 11.9 Å². The Balaban J connectivity index is 2.41. The van der Waals surface area contributed by atoms with Gasteiger partial charge in [-0.15, -0.1) is 0 Å². The van der Waals surface area contributed by atoms with Crippen LogP contribution in [0.3, 0.4) is 0 Å². The van der Waals surface area contributed by atoms with Gasteiger partial charge in [-0.1, -0.05) is 25.1 Å². The molecule has 110 valence electrons. The fraction of sp³-hybridized carbons (Fsp3) is 0.467. The third-order valence-electron chi connectivity index (χ3n) is 2.58. The summed E-state index contributed by atoms with van der Waals surface area (Å²) in [7, 11) is 0. The van der Waals surface area contributed by atoms with Gasteiger partial charge in [0.05, 0.1) is 11.7 Å². The molecule has 1 rings (SSSR count). The van der Waals surface area contributed by atoms with Gasteiger partial charge in [-0.3, -0.25) is 4.79 Å². The van der Waals surface area contributed by atoms with Crippen LogP contribution in [0.1, 0.15) is 37.6 Å². The molecule has 0 bridgehead atoms. The molecular weight excluding hydrogens is 260 g/mol. The van der Waals surface area contributed by atoms with E-state index in [1.807, 2.05) is 13.0 Å². The number of carbonyl (C=O) groups is 2. The van der Waals surface area contributed by atoms with Crippen molar-refractivity contribution < 1.29 is 23.8 Å². The Hall–Kier alpha value is -1.88. The molecule has 5 nitrogen and oxygen atoms in total. The average molecular weight is 280 g/mol. The standard InChI is InChI=1S/C15H20O5/c1-4-14(20-12(3)19-11(2)16)10-18-15(17)13-8-6-5-7-9-13/h5-9,12,14H,4,10H2,1-3H3. The number of benzene rings is 1. The van der Waals surface area contributed by atoms with Crippen molar-refractivity contribution in [2.75, 3.05) is 6.61 Å². The summed E-state index contributed by atoms with van der Waals surface area (Å²) >= 11 is 0. The fourth-order valence-corrected chi connectivity index (χ4v) is 1.61. The third-order valence-corrected chi connectivity index (χ3v) is 2.58.